The molecule has 204 valence electrons. The lowest BCUT2D eigenvalue weighted by Gasteiger charge is -2.32. The number of hydrogen-bond acceptors (Lipinski definition) is 9. The van der Waals surface area contributed by atoms with Gasteiger partial charge >= 0.3 is 17.9 Å². The van der Waals surface area contributed by atoms with E-state index in [1.54, 1.807) is 0 Å². The molecule has 0 aliphatic carbocycles. The van der Waals surface area contributed by atoms with Crippen molar-refractivity contribution in [2.45, 2.75) is 83.5 Å². The Morgan fingerprint density at radius 1 is 0.684 bits per heavy atom. The van der Waals surface area contributed by atoms with Crippen LogP contribution in [0, 0.1) is 0 Å². The Balaban J connectivity index is 1.68. The van der Waals surface area contributed by atoms with Crippen LogP contribution in [0.25, 0.3) is 0 Å². The molecule has 0 saturated carbocycles. The number of fused-ring (bicyclic) bond motifs is 1. The van der Waals surface area contributed by atoms with Crippen molar-refractivity contribution in [3.05, 3.63) is 71.8 Å². The quantitative estimate of drug-likeness (QED) is 0.342. The first-order valence-electron chi connectivity index (χ1n) is 12.8. The van der Waals surface area contributed by atoms with Crippen molar-refractivity contribution < 1.29 is 38.1 Å². The molecule has 0 aromatic heterocycles. The second-order valence-corrected chi connectivity index (χ2v) is 9.72. The lowest BCUT2D eigenvalue weighted by atomic mass is 9.98. The molecule has 2 heterocycles. The second-order valence-electron chi connectivity index (χ2n) is 9.72. The van der Waals surface area contributed by atoms with Gasteiger partial charge in [-0.2, -0.15) is 0 Å². The summed E-state index contributed by atoms with van der Waals surface area (Å²) in [6.45, 7) is 6.57. The van der Waals surface area contributed by atoms with Crippen molar-refractivity contribution >= 4 is 17.9 Å². The largest absolute Gasteiger partial charge is 0.464 e. The molecule has 0 radical (unpaired) electrons. The molecule has 9 nitrogen and oxygen atoms in total. The zero-order valence-electron chi connectivity index (χ0n) is 22.1. The molecule has 2 aliphatic heterocycles. The predicted octanol–water partition coefficient (Wildman–Crippen LogP) is 3.04. The Kier molecular flexibility index (Phi) is 9.14. The standard InChI is InChI=1S/C29H35NO8/c1-18-26(35-15-22-11-7-5-8-12-22)28(36-16-23-13-9-6-10-14-23)25-29(38-21(4)33)27(37-20(3)32)24(30(18)25)17-34-19(2)31/h5-14,18,24-29H,15-17H2,1-4H3/t18-,24+,25+,26-,27+,28-,29+/m0/s1. The fraction of sp³-hybridized carbons (Fsp3) is 0.483. The van der Waals surface area contributed by atoms with E-state index in [1.165, 1.54) is 20.8 Å². The van der Waals surface area contributed by atoms with E-state index in [1.807, 2.05) is 67.6 Å². The number of nitrogens with zero attached hydrogens (tertiary/aromatic N) is 1. The molecule has 2 fully saturated rings. The molecule has 4 rings (SSSR count). The first-order valence-corrected chi connectivity index (χ1v) is 12.8. The molecule has 0 N–H and O–H groups in total. The number of hydrogen-bond donors (Lipinski definition) is 0. The average molecular weight is 526 g/mol. The average Bonchev–Trinajstić information content (AvgIpc) is 3.32. The van der Waals surface area contributed by atoms with Crippen molar-refractivity contribution in [3.8, 4) is 0 Å². The van der Waals surface area contributed by atoms with Gasteiger partial charge in [0.15, 0.2) is 12.2 Å². The first kappa shape index (κ1) is 27.8. The van der Waals surface area contributed by atoms with E-state index < -0.39 is 54.4 Å². The zero-order valence-corrected chi connectivity index (χ0v) is 22.1. The van der Waals surface area contributed by atoms with Gasteiger partial charge in [-0.05, 0) is 18.1 Å². The number of rotatable bonds is 10. The third kappa shape index (κ3) is 6.40. The Hall–Kier alpha value is -3.27. The highest BCUT2D eigenvalue weighted by atomic mass is 16.6. The van der Waals surface area contributed by atoms with Gasteiger partial charge in [-0.25, -0.2) is 0 Å². The summed E-state index contributed by atoms with van der Waals surface area (Å²) in [5.41, 5.74) is 2.00. The van der Waals surface area contributed by atoms with Gasteiger partial charge < -0.3 is 23.7 Å². The lowest BCUT2D eigenvalue weighted by Crippen LogP contribution is -2.49. The normalized spacial score (nSPS) is 28.5. The van der Waals surface area contributed by atoms with E-state index in [0.717, 1.165) is 11.1 Å². The van der Waals surface area contributed by atoms with Crippen LogP contribution in [0.5, 0.6) is 0 Å². The number of benzene rings is 2. The van der Waals surface area contributed by atoms with Gasteiger partial charge in [-0.15, -0.1) is 0 Å². The zero-order chi connectivity index (χ0) is 27.2. The SMILES string of the molecule is CC(=O)OC[C@@H]1[C@@H](OC(C)=O)[C@H](OC(C)=O)[C@H]2[C@H](OCc3ccccc3)[C@@H](OCc3ccccc3)[C@H](C)N21. The van der Waals surface area contributed by atoms with Crippen LogP contribution in [-0.2, 0) is 51.3 Å². The molecular weight excluding hydrogens is 490 g/mol. The van der Waals surface area contributed by atoms with E-state index in [9.17, 15) is 14.4 Å². The summed E-state index contributed by atoms with van der Waals surface area (Å²) in [4.78, 5) is 38.1. The monoisotopic (exact) mass is 525 g/mol. The van der Waals surface area contributed by atoms with E-state index >= 15 is 0 Å². The van der Waals surface area contributed by atoms with Gasteiger partial charge in [0, 0.05) is 26.8 Å². The van der Waals surface area contributed by atoms with Gasteiger partial charge in [0.2, 0.25) is 0 Å². The van der Waals surface area contributed by atoms with E-state index in [0.29, 0.717) is 13.2 Å². The maximum atomic E-state index is 12.2. The number of esters is 3. The Morgan fingerprint density at radius 2 is 1.18 bits per heavy atom. The summed E-state index contributed by atoms with van der Waals surface area (Å²) in [7, 11) is 0. The van der Waals surface area contributed by atoms with Crippen LogP contribution < -0.4 is 0 Å². The summed E-state index contributed by atoms with van der Waals surface area (Å²) >= 11 is 0. The third-order valence-corrected chi connectivity index (χ3v) is 7.00. The van der Waals surface area contributed by atoms with Crippen LogP contribution in [0.2, 0.25) is 0 Å². The van der Waals surface area contributed by atoms with Crippen LogP contribution in [0.15, 0.2) is 60.7 Å². The van der Waals surface area contributed by atoms with Gasteiger partial charge in [0.05, 0.1) is 25.3 Å². The van der Waals surface area contributed by atoms with E-state index in [-0.39, 0.29) is 12.6 Å². The maximum Gasteiger partial charge on any atom is 0.303 e. The molecule has 9 heteroatoms. The maximum absolute atomic E-state index is 12.2. The molecule has 0 spiro atoms. The van der Waals surface area contributed by atoms with Gasteiger partial charge in [-0.3, -0.25) is 19.3 Å². The van der Waals surface area contributed by atoms with Crippen LogP contribution >= 0.6 is 0 Å². The van der Waals surface area contributed by atoms with Crippen molar-refractivity contribution in [2.24, 2.45) is 0 Å². The smallest absolute Gasteiger partial charge is 0.303 e. The topological polar surface area (TPSA) is 101 Å². The fourth-order valence-electron chi connectivity index (χ4n) is 5.55. The van der Waals surface area contributed by atoms with Gasteiger partial charge in [-0.1, -0.05) is 60.7 Å². The minimum Gasteiger partial charge on any atom is -0.464 e. The Bertz CT molecular complexity index is 1090. The minimum atomic E-state index is -0.846. The molecule has 0 bridgehead atoms. The van der Waals surface area contributed by atoms with Gasteiger partial charge in [0.1, 0.15) is 18.8 Å². The Morgan fingerprint density at radius 3 is 1.68 bits per heavy atom. The van der Waals surface area contributed by atoms with E-state index in [2.05, 4.69) is 4.90 Å². The molecule has 38 heavy (non-hydrogen) atoms. The molecule has 2 aromatic rings. The molecule has 0 amide bonds. The summed E-state index contributed by atoms with van der Waals surface area (Å²) in [6, 6.07) is 18.3. The van der Waals surface area contributed by atoms with Crippen LogP contribution in [0.3, 0.4) is 0 Å². The fourth-order valence-corrected chi connectivity index (χ4v) is 5.55. The molecule has 2 saturated heterocycles. The van der Waals surface area contributed by atoms with E-state index in [4.69, 9.17) is 23.7 Å². The van der Waals surface area contributed by atoms with Crippen LogP contribution in [0.1, 0.15) is 38.8 Å². The molecule has 2 aromatic carbocycles. The molecular formula is C29H35NO8. The minimum absolute atomic E-state index is 0.0390. The summed E-state index contributed by atoms with van der Waals surface area (Å²) in [5.74, 6) is -1.49. The van der Waals surface area contributed by atoms with Crippen molar-refractivity contribution in [2.75, 3.05) is 6.61 Å². The number of carbonyl (C=O) groups is 3. The third-order valence-electron chi connectivity index (χ3n) is 7.00. The number of carbonyl (C=O) groups excluding carboxylic acids is 3. The molecule has 0 unspecified atom stereocenters. The van der Waals surface area contributed by atoms with Crippen molar-refractivity contribution in [1.82, 2.24) is 4.90 Å². The Labute approximate surface area is 222 Å². The lowest BCUT2D eigenvalue weighted by molar-refractivity contribution is -0.170. The van der Waals surface area contributed by atoms with Crippen molar-refractivity contribution in [3.63, 3.8) is 0 Å². The highest BCUT2D eigenvalue weighted by molar-refractivity contribution is 5.68. The summed E-state index contributed by atoms with van der Waals surface area (Å²) in [6.07, 6.45) is -2.62. The second kappa shape index (κ2) is 12.5. The van der Waals surface area contributed by atoms with Crippen molar-refractivity contribution in [1.29, 1.82) is 0 Å². The van der Waals surface area contributed by atoms with Crippen LogP contribution in [-0.4, -0.2) is 72.0 Å². The molecule has 7 atom stereocenters. The summed E-state index contributed by atoms with van der Waals surface area (Å²) in [5, 5.41) is 0. The highest BCUT2D eigenvalue weighted by Crippen LogP contribution is 2.43. The van der Waals surface area contributed by atoms with Crippen LogP contribution in [0.4, 0.5) is 0 Å². The first-order chi connectivity index (χ1) is 18.3. The summed E-state index contributed by atoms with van der Waals surface area (Å²) < 4.78 is 29.8. The van der Waals surface area contributed by atoms with Gasteiger partial charge in [0.25, 0.3) is 0 Å². The molecule has 2 aliphatic rings. The number of ether oxygens (including phenoxy) is 5. The highest BCUT2D eigenvalue weighted by Gasteiger charge is 2.64. The predicted molar refractivity (Wildman–Crippen MR) is 137 cm³/mol.